The minimum atomic E-state index is -0.242. The van der Waals surface area contributed by atoms with Gasteiger partial charge in [0.05, 0.1) is 19.2 Å². The Labute approximate surface area is 68.4 Å². The second-order valence-corrected chi connectivity index (χ2v) is 2.85. The molecule has 0 N–H and O–H groups in total. The zero-order valence-electron chi connectivity index (χ0n) is 6.37. The first-order valence-corrected chi connectivity index (χ1v) is 3.95. The van der Waals surface area contributed by atoms with Gasteiger partial charge in [0.15, 0.2) is 0 Å². The summed E-state index contributed by atoms with van der Waals surface area (Å²) in [7, 11) is 3.25. The maximum Gasteiger partial charge on any atom is 0.200 e. The summed E-state index contributed by atoms with van der Waals surface area (Å²) < 4.78 is 12.7. The van der Waals surface area contributed by atoms with E-state index in [0.717, 1.165) is 11.3 Å². The van der Waals surface area contributed by atoms with Gasteiger partial charge in [-0.05, 0) is 0 Å². The molecule has 0 unspecified atom stereocenters. The molecule has 0 bridgehead atoms. The van der Waals surface area contributed by atoms with Gasteiger partial charge in [-0.1, -0.05) is 11.3 Å². The Kier molecular flexibility index (Phi) is 2.92. The quantitative estimate of drug-likeness (QED) is 0.648. The Balaban J connectivity index is 2.56. The molecule has 1 heterocycles. The number of aromatic nitrogens is 1. The van der Waals surface area contributed by atoms with E-state index < -0.39 is 0 Å². The Bertz CT molecular complexity index is 228. The number of halogens is 1. The molecular weight excluding hydrogens is 167 g/mol. The van der Waals surface area contributed by atoms with Gasteiger partial charge in [-0.25, -0.2) is 4.98 Å². The Hall–Kier alpha value is -0.520. The number of hydrogen-bond acceptors (Lipinski definition) is 4. The fourth-order valence-corrected chi connectivity index (χ4v) is 1.16. The number of hydrogen-bond donors (Lipinski definition) is 0. The molecule has 0 saturated carbocycles. The van der Waals surface area contributed by atoms with Gasteiger partial charge in [-0.2, -0.15) is 9.45 Å². The second-order valence-electron chi connectivity index (χ2n) is 2.04. The lowest BCUT2D eigenvalue weighted by atomic mass is 10.5. The Morgan fingerprint density at radius 2 is 2.55 bits per heavy atom. The molecule has 1 aromatic heterocycles. The summed E-state index contributed by atoms with van der Waals surface area (Å²) in [5.74, 6) is 0. The van der Waals surface area contributed by atoms with Crippen LogP contribution < -0.4 is 0 Å². The van der Waals surface area contributed by atoms with Crippen molar-refractivity contribution in [1.29, 1.82) is 0 Å². The maximum atomic E-state index is 12.7. The van der Waals surface area contributed by atoms with Crippen LogP contribution in [0.25, 0.3) is 0 Å². The summed E-state index contributed by atoms with van der Waals surface area (Å²) in [6.07, 6.45) is 0. The lowest BCUT2D eigenvalue weighted by molar-refractivity contribution is -0.117. The van der Waals surface area contributed by atoms with Crippen molar-refractivity contribution in [3.8, 4) is 0 Å². The van der Waals surface area contributed by atoms with Crippen LogP contribution in [0.1, 0.15) is 5.69 Å². The number of hydroxylamine groups is 2. The van der Waals surface area contributed by atoms with Crippen LogP contribution >= 0.6 is 11.3 Å². The number of rotatable bonds is 3. The molecule has 1 aromatic rings. The molecule has 5 heteroatoms. The third kappa shape index (κ3) is 2.21. The summed E-state index contributed by atoms with van der Waals surface area (Å²) in [5.41, 5.74) is 1.91. The van der Waals surface area contributed by atoms with Crippen molar-refractivity contribution in [3.63, 3.8) is 0 Å². The van der Waals surface area contributed by atoms with Crippen molar-refractivity contribution in [2.24, 2.45) is 0 Å². The van der Waals surface area contributed by atoms with Crippen LogP contribution in [-0.4, -0.2) is 24.2 Å². The smallest absolute Gasteiger partial charge is 0.200 e. The first-order valence-electron chi connectivity index (χ1n) is 3.07. The average molecular weight is 176 g/mol. The van der Waals surface area contributed by atoms with Gasteiger partial charge in [0, 0.05) is 7.05 Å². The van der Waals surface area contributed by atoms with Crippen LogP contribution in [0, 0.1) is 5.13 Å². The highest BCUT2D eigenvalue weighted by Gasteiger charge is 2.07. The van der Waals surface area contributed by atoms with Crippen LogP contribution in [0.4, 0.5) is 4.39 Å². The van der Waals surface area contributed by atoms with Crippen molar-refractivity contribution in [1.82, 2.24) is 10.0 Å². The van der Waals surface area contributed by atoms with Crippen molar-refractivity contribution in [2.45, 2.75) is 6.54 Å². The molecule has 0 fully saturated rings. The highest BCUT2D eigenvalue weighted by Crippen LogP contribution is 2.11. The van der Waals surface area contributed by atoms with E-state index in [1.807, 2.05) is 0 Å². The van der Waals surface area contributed by atoms with E-state index in [1.54, 1.807) is 7.05 Å². The third-order valence-corrected chi connectivity index (χ3v) is 1.93. The zero-order valence-corrected chi connectivity index (χ0v) is 7.19. The fourth-order valence-electron chi connectivity index (χ4n) is 0.633. The summed E-state index contributed by atoms with van der Waals surface area (Å²) in [4.78, 5) is 8.64. The van der Waals surface area contributed by atoms with Gasteiger partial charge in [0.25, 0.3) is 0 Å². The standard InChI is InChI=1S/C6H9FN2OS/c1-9(10-2)3-5-6(7)11-4-8-5/h4H,3H2,1-2H3. The molecule has 0 spiro atoms. The molecule has 11 heavy (non-hydrogen) atoms. The molecule has 0 aliphatic heterocycles. The number of nitrogens with zero attached hydrogens (tertiary/aromatic N) is 2. The van der Waals surface area contributed by atoms with Crippen molar-refractivity contribution >= 4 is 11.3 Å². The SMILES string of the molecule is CON(C)Cc1ncsc1F. The highest BCUT2D eigenvalue weighted by molar-refractivity contribution is 7.08. The number of thiazole rings is 1. The van der Waals surface area contributed by atoms with E-state index in [0.29, 0.717) is 12.2 Å². The molecule has 0 aliphatic carbocycles. The largest absolute Gasteiger partial charge is 0.302 e. The molecule has 62 valence electrons. The lowest BCUT2D eigenvalue weighted by Gasteiger charge is -2.10. The van der Waals surface area contributed by atoms with Crippen molar-refractivity contribution in [2.75, 3.05) is 14.2 Å². The normalized spacial score (nSPS) is 10.9. The second kappa shape index (κ2) is 3.75. The fraction of sp³-hybridized carbons (Fsp3) is 0.500. The van der Waals surface area contributed by atoms with Crippen molar-refractivity contribution in [3.05, 3.63) is 16.3 Å². The Morgan fingerprint density at radius 3 is 3.00 bits per heavy atom. The molecule has 1 rings (SSSR count). The summed E-state index contributed by atoms with van der Waals surface area (Å²) in [5, 5.41) is 1.27. The predicted octanol–water partition coefficient (Wildman–Crippen LogP) is 1.28. The minimum absolute atomic E-state index is 0.242. The van der Waals surface area contributed by atoms with Crippen LogP contribution in [-0.2, 0) is 11.4 Å². The highest BCUT2D eigenvalue weighted by atomic mass is 32.1. The molecule has 0 aliphatic rings. The van der Waals surface area contributed by atoms with Crippen LogP contribution in [0.3, 0.4) is 0 Å². The maximum absolute atomic E-state index is 12.7. The molecule has 0 atom stereocenters. The topological polar surface area (TPSA) is 25.4 Å². The van der Waals surface area contributed by atoms with Crippen LogP contribution in [0.2, 0.25) is 0 Å². The summed E-state index contributed by atoms with van der Waals surface area (Å²) in [6.45, 7) is 0.381. The first-order chi connectivity index (χ1) is 5.24. The van der Waals surface area contributed by atoms with E-state index >= 15 is 0 Å². The van der Waals surface area contributed by atoms with Gasteiger partial charge < -0.3 is 4.84 Å². The summed E-state index contributed by atoms with van der Waals surface area (Å²) in [6, 6.07) is 0. The molecule has 0 saturated heterocycles. The van der Waals surface area contributed by atoms with E-state index in [4.69, 9.17) is 4.84 Å². The monoisotopic (exact) mass is 176 g/mol. The lowest BCUT2D eigenvalue weighted by Crippen LogP contribution is -2.16. The van der Waals surface area contributed by atoms with Gasteiger partial charge in [-0.3, -0.25) is 0 Å². The third-order valence-electron chi connectivity index (χ3n) is 1.28. The molecule has 0 aromatic carbocycles. The molecule has 3 nitrogen and oxygen atoms in total. The molecule has 0 amide bonds. The van der Waals surface area contributed by atoms with E-state index in [9.17, 15) is 4.39 Å². The average Bonchev–Trinajstić information content (AvgIpc) is 2.37. The van der Waals surface area contributed by atoms with Crippen LogP contribution in [0.15, 0.2) is 5.51 Å². The van der Waals surface area contributed by atoms with Gasteiger partial charge >= 0.3 is 0 Å². The predicted molar refractivity (Wildman–Crippen MR) is 40.5 cm³/mol. The van der Waals surface area contributed by atoms with E-state index in [2.05, 4.69) is 4.98 Å². The minimum Gasteiger partial charge on any atom is -0.302 e. The van der Waals surface area contributed by atoms with E-state index in [1.165, 1.54) is 17.7 Å². The molecular formula is C6H9FN2OS. The van der Waals surface area contributed by atoms with Crippen LogP contribution in [0.5, 0.6) is 0 Å². The zero-order chi connectivity index (χ0) is 8.27. The first kappa shape index (κ1) is 8.58. The summed E-state index contributed by atoms with van der Waals surface area (Å²) >= 11 is 0.997. The van der Waals surface area contributed by atoms with Gasteiger partial charge in [0.1, 0.15) is 5.69 Å². The van der Waals surface area contributed by atoms with Crippen molar-refractivity contribution < 1.29 is 9.23 Å². The molecule has 0 radical (unpaired) electrons. The van der Waals surface area contributed by atoms with E-state index in [-0.39, 0.29) is 5.13 Å². The van der Waals surface area contributed by atoms with Gasteiger partial charge in [-0.15, -0.1) is 0 Å². The van der Waals surface area contributed by atoms with Gasteiger partial charge in [0.2, 0.25) is 5.13 Å². The Morgan fingerprint density at radius 1 is 1.82 bits per heavy atom.